The number of nitrogens with one attached hydrogen (secondary N) is 1. The number of aliphatic imine (C=N–C) groups is 1. The van der Waals surface area contributed by atoms with Crippen LogP contribution < -0.4 is 11.1 Å². The maximum Gasteiger partial charge on any atom is 0.243 e. The van der Waals surface area contributed by atoms with E-state index in [1.54, 1.807) is 34.8 Å². The van der Waals surface area contributed by atoms with Gasteiger partial charge < -0.3 is 11.1 Å². The molecule has 7 nitrogen and oxygen atoms in total. The van der Waals surface area contributed by atoms with Crippen LogP contribution in [0.4, 0.5) is 0 Å². The highest BCUT2D eigenvalue weighted by Crippen LogP contribution is 2.21. The van der Waals surface area contributed by atoms with Crippen molar-refractivity contribution in [3.05, 3.63) is 59.9 Å². The molecule has 0 saturated carbocycles. The molecule has 0 spiro atoms. The zero-order chi connectivity index (χ0) is 19.8. The number of rotatable bonds is 7. The first-order chi connectivity index (χ1) is 13.6. The molecule has 1 aromatic heterocycles. The van der Waals surface area contributed by atoms with Crippen LogP contribution in [0.25, 0.3) is 0 Å². The molecule has 28 heavy (non-hydrogen) atoms. The van der Waals surface area contributed by atoms with E-state index in [2.05, 4.69) is 15.3 Å². The molecule has 150 valence electrons. The third-order valence-corrected chi connectivity index (χ3v) is 6.63. The molecule has 3 rings (SSSR count). The number of benzene rings is 1. The van der Waals surface area contributed by atoms with E-state index in [-0.39, 0.29) is 0 Å². The number of hydrogen-bond donors (Lipinski definition) is 2. The molecule has 0 radical (unpaired) electrons. The SMILES string of the molecule is NC(=NCc1ccc(S(=O)(=O)N2CCCCC2)cc1)NCCc1ccccn1. The first-order valence-corrected chi connectivity index (χ1v) is 11.0. The van der Waals surface area contributed by atoms with Crippen molar-refractivity contribution in [1.82, 2.24) is 14.6 Å². The molecule has 3 N–H and O–H groups in total. The Bertz CT molecular complexity index is 877. The van der Waals surface area contributed by atoms with E-state index in [0.29, 0.717) is 37.0 Å². The van der Waals surface area contributed by atoms with E-state index in [9.17, 15) is 8.42 Å². The van der Waals surface area contributed by atoms with Crippen molar-refractivity contribution in [3.63, 3.8) is 0 Å². The maximum atomic E-state index is 12.7. The summed E-state index contributed by atoms with van der Waals surface area (Å²) < 4.78 is 26.9. The summed E-state index contributed by atoms with van der Waals surface area (Å²) in [5.74, 6) is 0.362. The normalized spacial score (nSPS) is 16.1. The number of nitrogens with zero attached hydrogens (tertiary/aromatic N) is 3. The minimum atomic E-state index is -3.39. The Morgan fingerprint density at radius 2 is 1.86 bits per heavy atom. The molecule has 0 atom stereocenters. The van der Waals surface area contributed by atoms with Crippen molar-refractivity contribution in [2.45, 2.75) is 37.1 Å². The van der Waals surface area contributed by atoms with Gasteiger partial charge >= 0.3 is 0 Å². The number of aromatic nitrogens is 1. The Hall–Kier alpha value is -2.45. The van der Waals surface area contributed by atoms with Gasteiger partial charge in [-0.1, -0.05) is 24.6 Å². The Morgan fingerprint density at radius 3 is 2.54 bits per heavy atom. The predicted octanol–water partition coefficient (Wildman–Crippen LogP) is 1.90. The lowest BCUT2D eigenvalue weighted by Gasteiger charge is -2.25. The number of nitrogens with two attached hydrogens (primary N) is 1. The molecule has 0 bridgehead atoms. The van der Waals surface area contributed by atoms with Crippen LogP contribution in [0, 0.1) is 0 Å². The van der Waals surface area contributed by atoms with Crippen molar-refractivity contribution in [2.75, 3.05) is 19.6 Å². The molecule has 0 aliphatic carbocycles. The molecule has 1 aliphatic heterocycles. The summed E-state index contributed by atoms with van der Waals surface area (Å²) in [6.45, 7) is 2.26. The lowest BCUT2D eigenvalue weighted by molar-refractivity contribution is 0.346. The van der Waals surface area contributed by atoms with E-state index >= 15 is 0 Å². The van der Waals surface area contributed by atoms with Crippen molar-refractivity contribution in [1.29, 1.82) is 0 Å². The highest BCUT2D eigenvalue weighted by atomic mass is 32.2. The molecule has 2 aromatic rings. The molecular weight excluding hydrogens is 374 g/mol. The van der Waals surface area contributed by atoms with Crippen LogP contribution in [0.1, 0.15) is 30.5 Å². The minimum Gasteiger partial charge on any atom is -0.370 e. The lowest BCUT2D eigenvalue weighted by atomic mass is 10.2. The van der Waals surface area contributed by atoms with E-state index in [1.165, 1.54) is 0 Å². The second kappa shape index (κ2) is 9.66. The van der Waals surface area contributed by atoms with Crippen molar-refractivity contribution >= 4 is 16.0 Å². The third kappa shape index (κ3) is 5.53. The fourth-order valence-corrected chi connectivity index (χ4v) is 4.64. The topological polar surface area (TPSA) is 101 Å². The Balaban J connectivity index is 1.51. The van der Waals surface area contributed by atoms with Crippen molar-refractivity contribution in [3.8, 4) is 0 Å². The second-order valence-corrected chi connectivity index (χ2v) is 8.75. The number of piperidine rings is 1. The molecule has 0 unspecified atom stereocenters. The van der Waals surface area contributed by atoms with E-state index in [4.69, 9.17) is 5.73 Å². The van der Waals surface area contributed by atoms with Gasteiger partial charge in [0, 0.05) is 37.9 Å². The summed E-state index contributed by atoms with van der Waals surface area (Å²) in [4.78, 5) is 8.90. The van der Waals surface area contributed by atoms with Gasteiger partial charge in [-0.2, -0.15) is 4.31 Å². The van der Waals surface area contributed by atoms with Crippen LogP contribution >= 0.6 is 0 Å². The summed E-state index contributed by atoms with van der Waals surface area (Å²) in [5.41, 5.74) is 7.80. The lowest BCUT2D eigenvalue weighted by Crippen LogP contribution is -2.35. The van der Waals surface area contributed by atoms with E-state index in [0.717, 1.165) is 36.9 Å². The van der Waals surface area contributed by atoms with Crippen LogP contribution in [0.3, 0.4) is 0 Å². The van der Waals surface area contributed by atoms with Gasteiger partial charge in [-0.25, -0.2) is 13.4 Å². The average Bonchev–Trinajstić information content (AvgIpc) is 2.74. The van der Waals surface area contributed by atoms with Gasteiger partial charge in [0.2, 0.25) is 10.0 Å². The summed E-state index contributed by atoms with van der Waals surface area (Å²) in [6, 6.07) is 12.7. The van der Waals surface area contributed by atoms with Crippen LogP contribution in [-0.4, -0.2) is 43.3 Å². The highest BCUT2D eigenvalue weighted by molar-refractivity contribution is 7.89. The predicted molar refractivity (Wildman–Crippen MR) is 110 cm³/mol. The van der Waals surface area contributed by atoms with Crippen LogP contribution in [0.5, 0.6) is 0 Å². The van der Waals surface area contributed by atoms with E-state index in [1.807, 2.05) is 18.2 Å². The molecule has 1 fully saturated rings. The highest BCUT2D eigenvalue weighted by Gasteiger charge is 2.25. The molecule has 1 aliphatic rings. The minimum absolute atomic E-state index is 0.337. The molecule has 1 saturated heterocycles. The number of guanidine groups is 1. The summed E-state index contributed by atoms with van der Waals surface area (Å²) in [5, 5.41) is 3.07. The Labute approximate surface area is 166 Å². The molecular formula is C20H27N5O2S. The van der Waals surface area contributed by atoms with Crippen molar-refractivity contribution in [2.24, 2.45) is 10.7 Å². The Kier molecular flexibility index (Phi) is 7.00. The first kappa shape index (κ1) is 20.3. The number of sulfonamides is 1. The zero-order valence-electron chi connectivity index (χ0n) is 15.9. The van der Waals surface area contributed by atoms with Gasteiger partial charge in [-0.15, -0.1) is 0 Å². The smallest absolute Gasteiger partial charge is 0.243 e. The van der Waals surface area contributed by atoms with E-state index < -0.39 is 10.0 Å². The molecule has 8 heteroatoms. The molecule has 2 heterocycles. The van der Waals surface area contributed by atoms with Crippen LogP contribution in [0.15, 0.2) is 58.5 Å². The standard InChI is InChI=1S/C20H27N5O2S/c21-20(23-13-11-18-6-2-3-12-22-18)24-16-17-7-9-19(10-8-17)28(26,27)25-14-4-1-5-15-25/h2-3,6-10,12H,1,4-5,11,13-16H2,(H3,21,23,24). The van der Waals surface area contributed by atoms with Crippen LogP contribution in [-0.2, 0) is 23.0 Å². The quantitative estimate of drug-likeness (QED) is 0.545. The van der Waals surface area contributed by atoms with Gasteiger partial charge in [-0.3, -0.25) is 4.98 Å². The fourth-order valence-electron chi connectivity index (χ4n) is 3.12. The average molecular weight is 402 g/mol. The summed E-state index contributed by atoms with van der Waals surface area (Å²) >= 11 is 0. The maximum absolute atomic E-state index is 12.7. The van der Waals surface area contributed by atoms with Gasteiger partial charge in [0.15, 0.2) is 5.96 Å². The van der Waals surface area contributed by atoms with Gasteiger partial charge in [0.1, 0.15) is 0 Å². The van der Waals surface area contributed by atoms with Gasteiger partial charge in [0.25, 0.3) is 0 Å². The van der Waals surface area contributed by atoms with Crippen LogP contribution in [0.2, 0.25) is 0 Å². The fraction of sp³-hybridized carbons (Fsp3) is 0.400. The molecule has 1 aromatic carbocycles. The number of hydrogen-bond acceptors (Lipinski definition) is 4. The van der Waals surface area contributed by atoms with Gasteiger partial charge in [0.05, 0.1) is 11.4 Å². The Morgan fingerprint density at radius 1 is 1.11 bits per heavy atom. The van der Waals surface area contributed by atoms with Crippen molar-refractivity contribution < 1.29 is 8.42 Å². The summed E-state index contributed by atoms with van der Waals surface area (Å²) in [7, 11) is -3.39. The monoisotopic (exact) mass is 401 g/mol. The number of pyridine rings is 1. The third-order valence-electron chi connectivity index (χ3n) is 4.72. The second-order valence-electron chi connectivity index (χ2n) is 6.81. The molecule has 0 amide bonds. The summed E-state index contributed by atoms with van der Waals surface area (Å²) in [6.07, 6.45) is 5.49. The largest absolute Gasteiger partial charge is 0.370 e. The first-order valence-electron chi connectivity index (χ1n) is 9.58. The van der Waals surface area contributed by atoms with Gasteiger partial charge in [-0.05, 0) is 42.7 Å². The zero-order valence-corrected chi connectivity index (χ0v) is 16.7.